The lowest BCUT2D eigenvalue weighted by Gasteiger charge is -2.07. The Kier molecular flexibility index (Phi) is 5.04. The van der Waals surface area contributed by atoms with E-state index in [1.807, 2.05) is 0 Å². The third-order valence-electron chi connectivity index (χ3n) is 2.84. The van der Waals surface area contributed by atoms with Crippen molar-refractivity contribution < 1.29 is 9.59 Å². The van der Waals surface area contributed by atoms with Gasteiger partial charge in [-0.1, -0.05) is 11.6 Å². The highest BCUT2D eigenvalue weighted by Gasteiger charge is 2.28. The first-order valence-corrected chi connectivity index (χ1v) is 7.54. The van der Waals surface area contributed by atoms with Gasteiger partial charge in [0, 0.05) is 28.1 Å². The number of benzene rings is 1. The van der Waals surface area contributed by atoms with Crippen LogP contribution in [0.15, 0.2) is 18.2 Å². The SMILES string of the molecule is O=C(NCCNC(=O)C1CC1)c1ccc(I)c(Cl)c1. The van der Waals surface area contributed by atoms with Crippen LogP contribution in [-0.2, 0) is 4.79 Å². The Morgan fingerprint density at radius 2 is 1.95 bits per heavy atom. The van der Waals surface area contributed by atoms with E-state index in [1.54, 1.807) is 18.2 Å². The largest absolute Gasteiger partial charge is 0.354 e. The van der Waals surface area contributed by atoms with Crippen LogP contribution in [0.3, 0.4) is 0 Å². The lowest BCUT2D eigenvalue weighted by molar-refractivity contribution is -0.122. The van der Waals surface area contributed by atoms with Gasteiger partial charge in [-0.2, -0.15) is 0 Å². The molecule has 4 nitrogen and oxygen atoms in total. The minimum atomic E-state index is -0.182. The van der Waals surface area contributed by atoms with E-state index < -0.39 is 0 Å². The zero-order valence-corrected chi connectivity index (χ0v) is 13.1. The van der Waals surface area contributed by atoms with Crippen molar-refractivity contribution in [3.05, 3.63) is 32.4 Å². The molecule has 0 aliphatic heterocycles. The number of carbonyl (C=O) groups excluding carboxylic acids is 2. The molecule has 1 aliphatic carbocycles. The molecule has 0 bridgehead atoms. The predicted octanol–water partition coefficient (Wildman–Crippen LogP) is 2.20. The predicted molar refractivity (Wildman–Crippen MR) is 82.2 cm³/mol. The van der Waals surface area contributed by atoms with Crippen LogP contribution in [0.1, 0.15) is 23.2 Å². The van der Waals surface area contributed by atoms with E-state index in [9.17, 15) is 9.59 Å². The van der Waals surface area contributed by atoms with Crippen molar-refractivity contribution >= 4 is 46.0 Å². The van der Waals surface area contributed by atoms with E-state index in [4.69, 9.17) is 11.6 Å². The number of hydrogen-bond acceptors (Lipinski definition) is 2. The zero-order valence-electron chi connectivity index (χ0n) is 10.2. The minimum Gasteiger partial charge on any atom is -0.354 e. The van der Waals surface area contributed by atoms with E-state index in [0.29, 0.717) is 23.7 Å². The molecule has 1 aromatic carbocycles. The van der Waals surface area contributed by atoms with E-state index >= 15 is 0 Å². The van der Waals surface area contributed by atoms with E-state index in [0.717, 1.165) is 16.4 Å². The summed E-state index contributed by atoms with van der Waals surface area (Å²) in [6, 6.07) is 5.17. The number of hydrogen-bond donors (Lipinski definition) is 2. The zero-order chi connectivity index (χ0) is 13.8. The minimum absolute atomic E-state index is 0.0894. The molecule has 2 N–H and O–H groups in total. The Balaban J connectivity index is 1.74. The molecular weight excluding hydrogens is 379 g/mol. The molecule has 0 heterocycles. The summed E-state index contributed by atoms with van der Waals surface area (Å²) in [5, 5.41) is 6.10. The van der Waals surface area contributed by atoms with Gasteiger partial charge in [0.25, 0.3) is 5.91 Å². The van der Waals surface area contributed by atoms with Gasteiger partial charge in [-0.15, -0.1) is 0 Å². The molecule has 0 unspecified atom stereocenters. The number of rotatable bonds is 5. The van der Waals surface area contributed by atoms with Crippen LogP contribution in [-0.4, -0.2) is 24.9 Å². The maximum Gasteiger partial charge on any atom is 0.251 e. The van der Waals surface area contributed by atoms with Crippen molar-refractivity contribution in [2.75, 3.05) is 13.1 Å². The van der Waals surface area contributed by atoms with Crippen molar-refractivity contribution in [1.29, 1.82) is 0 Å². The van der Waals surface area contributed by atoms with Crippen molar-refractivity contribution in [1.82, 2.24) is 10.6 Å². The van der Waals surface area contributed by atoms with Crippen molar-refractivity contribution in [3.8, 4) is 0 Å². The maximum absolute atomic E-state index is 11.8. The van der Waals surface area contributed by atoms with Crippen LogP contribution in [0.25, 0.3) is 0 Å². The molecule has 0 saturated heterocycles. The lowest BCUT2D eigenvalue weighted by Crippen LogP contribution is -2.35. The van der Waals surface area contributed by atoms with Crippen LogP contribution in [0.5, 0.6) is 0 Å². The molecule has 2 amide bonds. The molecule has 0 radical (unpaired) electrons. The Bertz CT molecular complexity index is 503. The van der Waals surface area contributed by atoms with Crippen LogP contribution in [0, 0.1) is 9.49 Å². The number of amides is 2. The summed E-state index contributed by atoms with van der Waals surface area (Å²) in [4.78, 5) is 23.2. The van der Waals surface area contributed by atoms with E-state index in [2.05, 4.69) is 33.2 Å². The Hall–Kier alpha value is -0.820. The molecule has 102 valence electrons. The summed E-state index contributed by atoms with van der Waals surface area (Å²) < 4.78 is 0.910. The summed E-state index contributed by atoms with van der Waals surface area (Å²) in [5.41, 5.74) is 0.527. The second-order valence-corrected chi connectivity index (χ2v) is 6.02. The molecule has 0 spiro atoms. The Morgan fingerprint density at radius 3 is 2.58 bits per heavy atom. The second kappa shape index (κ2) is 6.56. The molecule has 0 aromatic heterocycles. The summed E-state index contributed by atoms with van der Waals surface area (Å²) in [7, 11) is 0. The maximum atomic E-state index is 11.8. The molecule has 1 fully saturated rings. The van der Waals surface area contributed by atoms with Gasteiger partial charge >= 0.3 is 0 Å². The first-order chi connectivity index (χ1) is 9.08. The van der Waals surface area contributed by atoms with Crippen LogP contribution in [0.2, 0.25) is 5.02 Å². The first-order valence-electron chi connectivity index (χ1n) is 6.09. The Labute approximate surface area is 130 Å². The average molecular weight is 393 g/mol. The highest BCUT2D eigenvalue weighted by molar-refractivity contribution is 14.1. The normalized spacial score (nSPS) is 14.0. The van der Waals surface area contributed by atoms with Crippen LogP contribution in [0.4, 0.5) is 0 Å². The van der Waals surface area contributed by atoms with Crippen LogP contribution >= 0.6 is 34.2 Å². The van der Waals surface area contributed by atoms with Crippen LogP contribution < -0.4 is 10.6 Å². The molecule has 6 heteroatoms. The molecule has 1 saturated carbocycles. The fraction of sp³-hybridized carbons (Fsp3) is 0.385. The molecule has 19 heavy (non-hydrogen) atoms. The molecule has 0 atom stereocenters. The first kappa shape index (κ1) is 14.6. The highest BCUT2D eigenvalue weighted by atomic mass is 127. The quantitative estimate of drug-likeness (QED) is 0.596. The summed E-state index contributed by atoms with van der Waals surface area (Å²) in [6.45, 7) is 0.875. The summed E-state index contributed by atoms with van der Waals surface area (Å²) in [5.74, 6) is 0.108. The van der Waals surface area contributed by atoms with Gasteiger partial charge in [0.2, 0.25) is 5.91 Å². The topological polar surface area (TPSA) is 58.2 Å². The molecular formula is C13H14ClIN2O2. The van der Waals surface area contributed by atoms with Gasteiger partial charge < -0.3 is 10.6 Å². The summed E-state index contributed by atoms with van der Waals surface area (Å²) in [6.07, 6.45) is 1.97. The van der Waals surface area contributed by atoms with Gasteiger partial charge in [0.15, 0.2) is 0 Å². The fourth-order valence-electron chi connectivity index (χ4n) is 1.59. The molecule has 2 rings (SSSR count). The van der Waals surface area contributed by atoms with E-state index in [1.165, 1.54) is 0 Å². The fourth-order valence-corrected chi connectivity index (χ4v) is 2.11. The molecule has 1 aliphatic rings. The van der Waals surface area contributed by atoms with E-state index in [-0.39, 0.29) is 17.7 Å². The van der Waals surface area contributed by atoms with Gasteiger partial charge in [0.1, 0.15) is 0 Å². The van der Waals surface area contributed by atoms with Gasteiger partial charge in [-0.05, 0) is 53.6 Å². The lowest BCUT2D eigenvalue weighted by atomic mass is 10.2. The highest BCUT2D eigenvalue weighted by Crippen LogP contribution is 2.28. The van der Waals surface area contributed by atoms with Gasteiger partial charge in [-0.25, -0.2) is 0 Å². The number of nitrogens with one attached hydrogen (secondary N) is 2. The van der Waals surface area contributed by atoms with Gasteiger partial charge in [-0.3, -0.25) is 9.59 Å². The third-order valence-corrected chi connectivity index (χ3v) is 4.41. The summed E-state index contributed by atoms with van der Waals surface area (Å²) >= 11 is 8.07. The van der Waals surface area contributed by atoms with Gasteiger partial charge in [0.05, 0.1) is 5.02 Å². The van der Waals surface area contributed by atoms with Crippen molar-refractivity contribution in [3.63, 3.8) is 0 Å². The monoisotopic (exact) mass is 392 g/mol. The smallest absolute Gasteiger partial charge is 0.251 e. The number of carbonyl (C=O) groups is 2. The van der Waals surface area contributed by atoms with Crippen molar-refractivity contribution in [2.24, 2.45) is 5.92 Å². The number of halogens is 2. The third kappa shape index (κ3) is 4.35. The Morgan fingerprint density at radius 1 is 1.26 bits per heavy atom. The second-order valence-electron chi connectivity index (χ2n) is 4.45. The average Bonchev–Trinajstić information content (AvgIpc) is 3.21. The molecule has 1 aromatic rings. The standard InChI is InChI=1S/C13H14ClIN2O2/c14-10-7-9(3-4-11(10)15)13(19)17-6-5-16-12(18)8-1-2-8/h3-4,7-8H,1-2,5-6H2,(H,16,18)(H,17,19). The van der Waals surface area contributed by atoms with Crippen molar-refractivity contribution in [2.45, 2.75) is 12.8 Å².